The fourth-order valence-electron chi connectivity index (χ4n) is 1.67. The number of methoxy groups -OCH3 is 1. The first-order valence-corrected chi connectivity index (χ1v) is 6.94. The van der Waals surface area contributed by atoms with E-state index in [1.54, 1.807) is 14.2 Å². The van der Waals surface area contributed by atoms with Crippen LogP contribution in [0.1, 0.15) is 12.0 Å². The number of ether oxygens (including phenoxy) is 2. The Morgan fingerprint density at radius 3 is 2.77 bits per heavy atom. The molecule has 0 aliphatic carbocycles. The van der Waals surface area contributed by atoms with Crippen molar-refractivity contribution in [3.8, 4) is 5.75 Å². The maximum Gasteiger partial charge on any atom is 0.317 e. The van der Waals surface area contributed by atoms with Gasteiger partial charge in [-0.25, -0.2) is 4.79 Å². The van der Waals surface area contributed by atoms with Crippen molar-refractivity contribution in [2.45, 2.75) is 13.0 Å². The third kappa shape index (κ3) is 6.94. The number of hydrogen-bond donors (Lipinski definition) is 2. The van der Waals surface area contributed by atoms with Crippen molar-refractivity contribution >= 4 is 12.0 Å². The zero-order chi connectivity index (χ0) is 16.4. The molecule has 2 amide bonds. The van der Waals surface area contributed by atoms with Crippen molar-refractivity contribution in [3.63, 3.8) is 0 Å². The molecule has 22 heavy (non-hydrogen) atoms. The van der Waals surface area contributed by atoms with Gasteiger partial charge in [0.15, 0.2) is 0 Å². The zero-order valence-electron chi connectivity index (χ0n) is 12.9. The van der Waals surface area contributed by atoms with Crippen LogP contribution in [0.2, 0.25) is 0 Å². The van der Waals surface area contributed by atoms with Crippen LogP contribution >= 0.6 is 0 Å². The number of amides is 2. The first-order chi connectivity index (χ1) is 10.5. The average Bonchev–Trinajstić information content (AvgIpc) is 2.51. The molecule has 1 aromatic rings. The highest BCUT2D eigenvalue weighted by molar-refractivity contribution is 5.75. The van der Waals surface area contributed by atoms with Gasteiger partial charge in [-0.1, -0.05) is 12.1 Å². The highest BCUT2D eigenvalue weighted by Gasteiger charge is 2.09. The second-order valence-corrected chi connectivity index (χ2v) is 4.71. The SMILES string of the molecule is COCCOc1cccc(CNC(=O)N(C)CCC(=O)O)c1. The number of urea groups is 1. The lowest BCUT2D eigenvalue weighted by Gasteiger charge is -2.17. The quantitative estimate of drug-likeness (QED) is 0.672. The molecule has 0 aliphatic rings. The molecular formula is C15H22N2O5. The number of carbonyl (C=O) groups is 2. The monoisotopic (exact) mass is 310 g/mol. The van der Waals surface area contributed by atoms with Crippen molar-refractivity contribution in [2.24, 2.45) is 0 Å². The zero-order valence-corrected chi connectivity index (χ0v) is 12.9. The second-order valence-electron chi connectivity index (χ2n) is 4.71. The van der Waals surface area contributed by atoms with Crippen LogP contribution in [0.15, 0.2) is 24.3 Å². The summed E-state index contributed by atoms with van der Waals surface area (Å²) >= 11 is 0. The fourth-order valence-corrected chi connectivity index (χ4v) is 1.67. The van der Waals surface area contributed by atoms with Crippen LogP contribution in [0.5, 0.6) is 5.75 Å². The number of aliphatic carboxylic acids is 1. The Hall–Kier alpha value is -2.28. The molecule has 0 unspecified atom stereocenters. The molecule has 122 valence electrons. The summed E-state index contributed by atoms with van der Waals surface area (Å²) in [6.07, 6.45) is -0.0766. The van der Waals surface area contributed by atoms with E-state index in [1.807, 2.05) is 24.3 Å². The van der Waals surface area contributed by atoms with Crippen molar-refractivity contribution < 1.29 is 24.2 Å². The van der Waals surface area contributed by atoms with Gasteiger partial charge in [0.25, 0.3) is 0 Å². The highest BCUT2D eigenvalue weighted by atomic mass is 16.5. The van der Waals surface area contributed by atoms with Gasteiger partial charge in [-0.2, -0.15) is 0 Å². The van der Waals surface area contributed by atoms with Crippen LogP contribution in [-0.4, -0.2) is 55.9 Å². The summed E-state index contributed by atoms with van der Waals surface area (Å²) in [5.74, 6) is -0.219. The Labute approximate surface area is 129 Å². The largest absolute Gasteiger partial charge is 0.491 e. The summed E-state index contributed by atoms with van der Waals surface area (Å²) in [5.41, 5.74) is 0.898. The Bertz CT molecular complexity index is 493. The van der Waals surface area contributed by atoms with E-state index in [0.717, 1.165) is 5.56 Å². The molecule has 0 radical (unpaired) electrons. The van der Waals surface area contributed by atoms with Gasteiger partial charge in [-0.05, 0) is 17.7 Å². The van der Waals surface area contributed by atoms with Gasteiger partial charge in [0.2, 0.25) is 0 Å². The van der Waals surface area contributed by atoms with Crippen molar-refractivity contribution in [1.82, 2.24) is 10.2 Å². The smallest absolute Gasteiger partial charge is 0.317 e. The van der Waals surface area contributed by atoms with Gasteiger partial charge in [0, 0.05) is 27.2 Å². The lowest BCUT2D eigenvalue weighted by Crippen LogP contribution is -2.37. The molecule has 0 spiro atoms. The van der Waals surface area contributed by atoms with Crippen LogP contribution in [-0.2, 0) is 16.1 Å². The summed E-state index contributed by atoms with van der Waals surface area (Å²) < 4.78 is 10.4. The normalized spacial score (nSPS) is 10.1. The average molecular weight is 310 g/mol. The van der Waals surface area contributed by atoms with E-state index in [2.05, 4.69) is 5.32 Å². The molecule has 0 aromatic heterocycles. The van der Waals surface area contributed by atoms with E-state index in [-0.39, 0.29) is 19.0 Å². The van der Waals surface area contributed by atoms with E-state index in [4.69, 9.17) is 14.6 Å². The molecule has 1 aromatic carbocycles. The van der Waals surface area contributed by atoms with E-state index >= 15 is 0 Å². The summed E-state index contributed by atoms with van der Waals surface area (Å²) in [7, 11) is 3.17. The van der Waals surface area contributed by atoms with Gasteiger partial charge < -0.3 is 24.8 Å². The second kappa shape index (κ2) is 9.62. The van der Waals surface area contributed by atoms with Crippen molar-refractivity contribution in [2.75, 3.05) is 33.9 Å². The van der Waals surface area contributed by atoms with Gasteiger partial charge >= 0.3 is 12.0 Å². The maximum absolute atomic E-state index is 11.8. The predicted molar refractivity (Wildman–Crippen MR) is 80.9 cm³/mol. The van der Waals surface area contributed by atoms with Crippen LogP contribution in [0.25, 0.3) is 0 Å². The Morgan fingerprint density at radius 1 is 1.32 bits per heavy atom. The minimum atomic E-state index is -0.930. The first-order valence-electron chi connectivity index (χ1n) is 6.94. The van der Waals surface area contributed by atoms with Crippen LogP contribution in [0.3, 0.4) is 0 Å². The number of nitrogens with zero attached hydrogens (tertiary/aromatic N) is 1. The predicted octanol–water partition coefficient (Wildman–Crippen LogP) is 1.33. The van der Waals surface area contributed by atoms with Crippen LogP contribution in [0.4, 0.5) is 4.79 Å². The van der Waals surface area contributed by atoms with Crippen LogP contribution < -0.4 is 10.1 Å². The fraction of sp³-hybridized carbons (Fsp3) is 0.467. The summed E-state index contributed by atoms with van der Waals surface area (Å²) in [6.45, 7) is 1.48. The Morgan fingerprint density at radius 2 is 2.09 bits per heavy atom. The topological polar surface area (TPSA) is 88.1 Å². The Kier molecular flexibility index (Phi) is 7.77. The van der Waals surface area contributed by atoms with E-state index in [9.17, 15) is 9.59 Å². The number of rotatable bonds is 9. The third-order valence-electron chi connectivity index (χ3n) is 2.91. The minimum Gasteiger partial charge on any atom is -0.491 e. The highest BCUT2D eigenvalue weighted by Crippen LogP contribution is 2.13. The number of nitrogens with one attached hydrogen (secondary N) is 1. The molecule has 1 rings (SSSR count). The Balaban J connectivity index is 2.41. The minimum absolute atomic E-state index is 0.0766. The lowest BCUT2D eigenvalue weighted by atomic mass is 10.2. The van der Waals surface area contributed by atoms with Crippen LogP contribution in [0, 0.1) is 0 Å². The van der Waals surface area contributed by atoms with E-state index in [1.165, 1.54) is 4.90 Å². The molecule has 0 atom stereocenters. The summed E-state index contributed by atoms with van der Waals surface area (Å²) in [4.78, 5) is 23.6. The molecule has 0 heterocycles. The number of carboxylic acids is 1. The lowest BCUT2D eigenvalue weighted by molar-refractivity contribution is -0.137. The standard InChI is InChI=1S/C15H22N2O5/c1-17(7-6-14(18)19)15(20)16-11-12-4-3-5-13(10-12)22-9-8-21-2/h3-5,10H,6-9,11H2,1-2H3,(H,16,20)(H,18,19). The first kappa shape index (κ1) is 17.8. The maximum atomic E-state index is 11.8. The molecule has 0 bridgehead atoms. The molecule has 7 heteroatoms. The van der Waals surface area contributed by atoms with Gasteiger partial charge in [0.1, 0.15) is 12.4 Å². The van der Waals surface area contributed by atoms with Gasteiger partial charge in [0.05, 0.1) is 13.0 Å². The molecule has 0 aliphatic heterocycles. The molecular weight excluding hydrogens is 288 g/mol. The number of benzene rings is 1. The van der Waals surface area contributed by atoms with Gasteiger partial charge in [-0.3, -0.25) is 4.79 Å². The summed E-state index contributed by atoms with van der Waals surface area (Å²) in [5, 5.41) is 11.3. The van der Waals surface area contributed by atoms with Gasteiger partial charge in [-0.15, -0.1) is 0 Å². The molecule has 0 fully saturated rings. The number of carbonyl (C=O) groups excluding carboxylic acids is 1. The van der Waals surface area contributed by atoms with Crippen molar-refractivity contribution in [1.29, 1.82) is 0 Å². The molecule has 2 N–H and O–H groups in total. The number of carboxylic acid groups (broad SMARTS) is 1. The summed E-state index contributed by atoms with van der Waals surface area (Å²) in [6, 6.07) is 7.08. The molecule has 7 nitrogen and oxygen atoms in total. The van der Waals surface area contributed by atoms with Crippen molar-refractivity contribution in [3.05, 3.63) is 29.8 Å². The number of hydrogen-bond acceptors (Lipinski definition) is 4. The van der Waals surface area contributed by atoms with E-state index in [0.29, 0.717) is 25.5 Å². The third-order valence-corrected chi connectivity index (χ3v) is 2.91. The van der Waals surface area contributed by atoms with E-state index < -0.39 is 5.97 Å². The molecule has 0 saturated heterocycles. The molecule has 0 saturated carbocycles.